The van der Waals surface area contributed by atoms with E-state index in [-0.39, 0.29) is 35.7 Å². The molecule has 0 aliphatic carbocycles. The molecule has 0 spiro atoms. The Labute approximate surface area is 229 Å². The molecular weight excluding hydrogens is 522 g/mol. The van der Waals surface area contributed by atoms with Crippen molar-refractivity contribution in [2.24, 2.45) is 7.05 Å². The number of carboxylic acid groups (broad SMARTS) is 1. The number of carbonyl (C=O) groups is 3. The van der Waals surface area contributed by atoms with Crippen molar-refractivity contribution in [1.29, 1.82) is 0 Å². The summed E-state index contributed by atoms with van der Waals surface area (Å²) in [6.45, 7) is 1.42. The van der Waals surface area contributed by atoms with Crippen molar-refractivity contribution in [2.75, 3.05) is 7.11 Å². The van der Waals surface area contributed by atoms with Gasteiger partial charge in [0.2, 0.25) is 0 Å². The molecule has 0 saturated carbocycles. The van der Waals surface area contributed by atoms with Crippen LogP contribution in [0.25, 0.3) is 11.1 Å². The molecule has 200 valence electrons. The third-order valence-corrected chi connectivity index (χ3v) is 6.61. The molecule has 2 heterocycles. The number of benzene rings is 2. The lowest BCUT2D eigenvalue weighted by Gasteiger charge is -2.21. The number of hydrogen-bond donors (Lipinski definition) is 1. The number of aromatic carboxylic acids is 1. The van der Waals surface area contributed by atoms with E-state index in [1.54, 1.807) is 54.3 Å². The van der Waals surface area contributed by atoms with E-state index in [1.165, 1.54) is 43.0 Å². The summed E-state index contributed by atoms with van der Waals surface area (Å²) in [7, 11) is 3.19. The van der Waals surface area contributed by atoms with Crippen LogP contribution in [0, 0.1) is 0 Å². The molecule has 0 amide bonds. The molecule has 0 unspecified atom stereocenters. The molecule has 2 aromatic carbocycles. The molecule has 1 N–H and O–H groups in total. The van der Waals surface area contributed by atoms with Crippen LogP contribution < -0.4 is 10.3 Å². The Morgan fingerprint density at radius 1 is 1.05 bits per heavy atom. The largest absolute Gasteiger partial charge is 0.495 e. The van der Waals surface area contributed by atoms with Crippen LogP contribution in [0.3, 0.4) is 0 Å². The average molecular weight is 548 g/mol. The predicted molar refractivity (Wildman–Crippen MR) is 146 cm³/mol. The highest BCUT2D eigenvalue weighted by Crippen LogP contribution is 2.34. The number of aryl methyl sites for hydroxylation is 1. The second kappa shape index (κ2) is 11.5. The Hall–Kier alpha value is -4.50. The highest BCUT2D eigenvalue weighted by atomic mass is 35.5. The molecule has 0 aliphatic rings. The van der Waals surface area contributed by atoms with Crippen LogP contribution >= 0.6 is 11.6 Å². The molecule has 9 nitrogen and oxygen atoms in total. The monoisotopic (exact) mass is 547 g/mol. The number of nitrogens with zero attached hydrogens (tertiary/aromatic N) is 3. The van der Waals surface area contributed by atoms with Gasteiger partial charge in [0.1, 0.15) is 11.8 Å². The molecule has 1 atom stereocenters. The molecule has 2 aromatic heterocycles. The number of ketones is 2. The fourth-order valence-electron chi connectivity index (χ4n) is 4.41. The first-order chi connectivity index (χ1) is 18.6. The highest BCUT2D eigenvalue weighted by Gasteiger charge is 2.26. The number of Topliss-reactive ketones (excluding diaryl/α,β-unsaturated/α-hetero) is 2. The van der Waals surface area contributed by atoms with Gasteiger partial charge < -0.3 is 14.4 Å². The van der Waals surface area contributed by atoms with Crippen LogP contribution in [-0.2, 0) is 24.7 Å². The Balaban J connectivity index is 1.79. The van der Waals surface area contributed by atoms with Crippen molar-refractivity contribution in [1.82, 2.24) is 14.3 Å². The molecule has 0 fully saturated rings. The Bertz CT molecular complexity index is 1620. The van der Waals surface area contributed by atoms with Crippen LogP contribution in [0.2, 0.25) is 5.02 Å². The standard InChI is InChI=1S/C29H26ClN3O6/c1-17(34)22-9-8-20(30)13-23(22)24-15-28(36)33(16-27(24)39-3)25(14-21-10-11-32(2)31-21)26(35)12-18-4-6-19(7-5-18)29(37)38/h4-11,13,15-16,25H,12,14H2,1-3H3,(H,37,38)/t25-/m1/s1. The van der Waals surface area contributed by atoms with Gasteiger partial charge in [-0.15, -0.1) is 0 Å². The fourth-order valence-corrected chi connectivity index (χ4v) is 4.59. The van der Waals surface area contributed by atoms with Crippen LogP contribution in [0.4, 0.5) is 0 Å². The fraction of sp³-hybridized carbons (Fsp3) is 0.207. The van der Waals surface area contributed by atoms with Crippen LogP contribution in [0.1, 0.15) is 44.9 Å². The summed E-state index contributed by atoms with van der Waals surface area (Å²) < 4.78 is 8.52. The number of carbonyl (C=O) groups excluding carboxylic acids is 2. The van der Waals surface area contributed by atoms with E-state index in [4.69, 9.17) is 21.4 Å². The van der Waals surface area contributed by atoms with Crippen LogP contribution in [0.15, 0.2) is 71.8 Å². The lowest BCUT2D eigenvalue weighted by molar-refractivity contribution is -0.121. The van der Waals surface area contributed by atoms with Crippen molar-refractivity contribution >= 4 is 29.1 Å². The summed E-state index contributed by atoms with van der Waals surface area (Å²) >= 11 is 6.20. The summed E-state index contributed by atoms with van der Waals surface area (Å²) in [6, 6.07) is 13.0. The third kappa shape index (κ3) is 6.15. The average Bonchev–Trinajstić information content (AvgIpc) is 3.31. The molecule has 0 bridgehead atoms. The van der Waals surface area contributed by atoms with Crippen molar-refractivity contribution in [2.45, 2.75) is 25.8 Å². The van der Waals surface area contributed by atoms with Gasteiger partial charge in [-0.05, 0) is 54.4 Å². The topological polar surface area (TPSA) is 120 Å². The molecule has 39 heavy (non-hydrogen) atoms. The first kappa shape index (κ1) is 27.5. The maximum atomic E-state index is 13.6. The lowest BCUT2D eigenvalue weighted by atomic mass is 9.96. The van der Waals surface area contributed by atoms with E-state index in [9.17, 15) is 19.2 Å². The van der Waals surface area contributed by atoms with E-state index in [1.807, 2.05) is 0 Å². The van der Waals surface area contributed by atoms with E-state index >= 15 is 0 Å². The number of methoxy groups -OCH3 is 1. The van der Waals surface area contributed by atoms with Crippen molar-refractivity contribution < 1.29 is 24.2 Å². The third-order valence-electron chi connectivity index (χ3n) is 6.37. The number of rotatable bonds is 10. The number of ether oxygens (including phenoxy) is 1. The summed E-state index contributed by atoms with van der Waals surface area (Å²) in [5.74, 6) is -1.26. The van der Waals surface area contributed by atoms with Gasteiger partial charge in [0.25, 0.3) is 5.56 Å². The van der Waals surface area contributed by atoms with Crippen molar-refractivity contribution in [3.05, 3.63) is 105 Å². The van der Waals surface area contributed by atoms with Crippen molar-refractivity contribution in [3.8, 4) is 16.9 Å². The van der Waals surface area contributed by atoms with Crippen molar-refractivity contribution in [3.63, 3.8) is 0 Å². The van der Waals surface area contributed by atoms with Gasteiger partial charge >= 0.3 is 5.97 Å². The van der Waals surface area contributed by atoms with Crippen LogP contribution in [-0.4, -0.2) is 44.1 Å². The van der Waals surface area contributed by atoms with E-state index in [2.05, 4.69) is 5.10 Å². The Morgan fingerprint density at radius 3 is 2.36 bits per heavy atom. The Kier molecular flexibility index (Phi) is 8.11. The molecule has 10 heteroatoms. The SMILES string of the molecule is COc1cn([C@H](Cc2ccn(C)n2)C(=O)Cc2ccc(C(=O)O)cc2)c(=O)cc1-c1cc(Cl)ccc1C(C)=O. The van der Waals surface area contributed by atoms with Crippen LogP contribution in [0.5, 0.6) is 5.75 Å². The van der Waals surface area contributed by atoms with Gasteiger partial charge in [-0.3, -0.25) is 19.1 Å². The minimum absolute atomic E-state index is 0.0311. The summed E-state index contributed by atoms with van der Waals surface area (Å²) in [5, 5.41) is 13.9. The molecule has 4 aromatic rings. The predicted octanol–water partition coefficient (Wildman–Crippen LogP) is 4.41. The number of carboxylic acids is 1. The second-order valence-electron chi connectivity index (χ2n) is 9.09. The normalized spacial score (nSPS) is 11.7. The van der Waals surface area contributed by atoms with Gasteiger partial charge in [-0.25, -0.2) is 4.79 Å². The minimum Gasteiger partial charge on any atom is -0.495 e. The number of halogens is 1. The zero-order valence-corrected chi connectivity index (χ0v) is 22.3. The van der Waals surface area contributed by atoms with Gasteiger partial charge in [0, 0.05) is 48.3 Å². The smallest absolute Gasteiger partial charge is 0.335 e. The molecule has 0 saturated heterocycles. The number of aromatic nitrogens is 3. The van der Waals surface area contributed by atoms with Gasteiger partial charge in [0.05, 0.1) is 24.6 Å². The maximum Gasteiger partial charge on any atom is 0.335 e. The van der Waals surface area contributed by atoms with E-state index in [0.29, 0.717) is 33.0 Å². The molecular formula is C29H26ClN3O6. The zero-order chi connectivity index (χ0) is 28.3. The quantitative estimate of drug-likeness (QED) is 0.292. The lowest BCUT2D eigenvalue weighted by Crippen LogP contribution is -2.32. The highest BCUT2D eigenvalue weighted by molar-refractivity contribution is 6.31. The zero-order valence-electron chi connectivity index (χ0n) is 21.6. The summed E-state index contributed by atoms with van der Waals surface area (Å²) in [5.41, 5.74) is 2.05. The molecule has 0 aliphatic heterocycles. The molecule has 4 rings (SSSR count). The number of hydrogen-bond acceptors (Lipinski definition) is 6. The summed E-state index contributed by atoms with van der Waals surface area (Å²) in [4.78, 5) is 50.6. The molecule has 0 radical (unpaired) electrons. The maximum absolute atomic E-state index is 13.6. The second-order valence-corrected chi connectivity index (χ2v) is 9.53. The first-order valence-electron chi connectivity index (χ1n) is 12.0. The van der Waals surface area contributed by atoms with Gasteiger partial charge in [-0.1, -0.05) is 23.7 Å². The van der Waals surface area contributed by atoms with Gasteiger partial charge in [-0.2, -0.15) is 5.10 Å². The van der Waals surface area contributed by atoms with E-state index in [0.717, 1.165) is 0 Å². The number of pyridine rings is 1. The van der Waals surface area contributed by atoms with E-state index < -0.39 is 17.6 Å². The summed E-state index contributed by atoms with van der Waals surface area (Å²) in [6.07, 6.45) is 3.32. The van der Waals surface area contributed by atoms with Gasteiger partial charge in [0.15, 0.2) is 11.6 Å². The first-order valence-corrected chi connectivity index (χ1v) is 12.4. The minimum atomic E-state index is -1.06. The Morgan fingerprint density at radius 2 is 1.77 bits per heavy atom.